The second-order valence-electron chi connectivity index (χ2n) is 11.7. The van der Waals surface area contributed by atoms with Crippen molar-refractivity contribution in [3.63, 3.8) is 0 Å². The van der Waals surface area contributed by atoms with Gasteiger partial charge in [-0.25, -0.2) is 9.50 Å². The highest BCUT2D eigenvalue weighted by Crippen LogP contribution is 2.41. The molecule has 230 valence electrons. The number of aromatic nitrogens is 3. The van der Waals surface area contributed by atoms with Crippen LogP contribution >= 0.6 is 0 Å². The van der Waals surface area contributed by atoms with Crippen molar-refractivity contribution in [2.45, 2.75) is 76.0 Å². The molecule has 11 heteroatoms. The summed E-state index contributed by atoms with van der Waals surface area (Å²) in [4.78, 5) is 34.4. The van der Waals surface area contributed by atoms with Gasteiger partial charge in [-0.2, -0.15) is 18.3 Å². The normalized spacial score (nSPS) is 16.5. The SMILES string of the molecule is COc1ccc([C@@H](C(=O)NC2CCCCC2)N(C(=O)c2cc3nc(C4CC4)cc(C(F)(F)F)n3n2)c2ccc(C)cc2)cc1. The lowest BCUT2D eigenvalue weighted by Crippen LogP contribution is -2.47. The Morgan fingerprint density at radius 3 is 2.27 bits per heavy atom. The van der Waals surface area contributed by atoms with E-state index in [1.807, 2.05) is 19.1 Å². The number of carbonyl (C=O) groups is 2. The summed E-state index contributed by atoms with van der Waals surface area (Å²) in [5.74, 6) is -0.571. The highest BCUT2D eigenvalue weighted by atomic mass is 19.4. The van der Waals surface area contributed by atoms with Gasteiger partial charge in [-0.3, -0.25) is 14.5 Å². The topological polar surface area (TPSA) is 88.8 Å². The fraction of sp³-hybridized carbons (Fsp3) is 0.394. The number of benzene rings is 2. The van der Waals surface area contributed by atoms with Gasteiger partial charge in [0.15, 0.2) is 11.3 Å². The molecule has 2 aliphatic rings. The van der Waals surface area contributed by atoms with E-state index in [0.717, 1.165) is 56.6 Å². The number of nitrogens with zero attached hydrogens (tertiary/aromatic N) is 4. The molecule has 2 saturated carbocycles. The summed E-state index contributed by atoms with van der Waals surface area (Å²) in [5.41, 5.74) is 0.881. The third-order valence-electron chi connectivity index (χ3n) is 8.37. The van der Waals surface area contributed by atoms with Crippen molar-refractivity contribution < 1.29 is 27.5 Å². The first-order chi connectivity index (χ1) is 21.1. The molecule has 4 aromatic rings. The molecule has 2 aromatic carbocycles. The van der Waals surface area contributed by atoms with Gasteiger partial charge < -0.3 is 10.1 Å². The van der Waals surface area contributed by atoms with Gasteiger partial charge in [0.2, 0.25) is 5.91 Å². The van der Waals surface area contributed by atoms with Gasteiger partial charge in [-0.1, -0.05) is 49.1 Å². The molecule has 8 nitrogen and oxygen atoms in total. The molecule has 2 fully saturated rings. The van der Waals surface area contributed by atoms with Crippen LogP contribution in [0.1, 0.15) is 89.9 Å². The smallest absolute Gasteiger partial charge is 0.433 e. The molecule has 0 bridgehead atoms. The fourth-order valence-electron chi connectivity index (χ4n) is 5.83. The van der Waals surface area contributed by atoms with Gasteiger partial charge in [0.25, 0.3) is 5.91 Å². The number of hydrogen-bond donors (Lipinski definition) is 1. The summed E-state index contributed by atoms with van der Waals surface area (Å²) < 4.78 is 48.4. The largest absolute Gasteiger partial charge is 0.497 e. The molecule has 0 unspecified atom stereocenters. The van der Waals surface area contributed by atoms with E-state index in [-0.39, 0.29) is 29.2 Å². The molecule has 2 aliphatic carbocycles. The number of methoxy groups -OCH3 is 1. The first-order valence-electron chi connectivity index (χ1n) is 14.9. The monoisotopic (exact) mass is 605 g/mol. The van der Waals surface area contributed by atoms with Crippen molar-refractivity contribution >= 4 is 23.1 Å². The Bertz CT molecular complexity index is 1660. The van der Waals surface area contributed by atoms with Crippen LogP contribution in [-0.2, 0) is 11.0 Å². The number of hydrogen-bond acceptors (Lipinski definition) is 5. The first kappa shape index (κ1) is 29.7. The Hall–Kier alpha value is -4.41. The lowest BCUT2D eigenvalue weighted by molar-refractivity contribution is -0.142. The zero-order valence-corrected chi connectivity index (χ0v) is 24.6. The number of alkyl halides is 3. The fourth-order valence-corrected chi connectivity index (χ4v) is 5.83. The van der Waals surface area contributed by atoms with Crippen molar-refractivity contribution in [2.75, 3.05) is 12.0 Å². The molecule has 0 radical (unpaired) electrons. The molecule has 1 atom stereocenters. The first-order valence-corrected chi connectivity index (χ1v) is 14.9. The summed E-state index contributed by atoms with van der Waals surface area (Å²) in [6.07, 6.45) is 1.59. The van der Waals surface area contributed by atoms with Gasteiger partial charge >= 0.3 is 6.18 Å². The lowest BCUT2D eigenvalue weighted by atomic mass is 9.94. The third-order valence-corrected chi connectivity index (χ3v) is 8.37. The minimum Gasteiger partial charge on any atom is -0.497 e. The van der Waals surface area contributed by atoms with E-state index in [4.69, 9.17) is 4.74 Å². The molecular formula is C33H34F3N5O3. The van der Waals surface area contributed by atoms with E-state index < -0.39 is 23.8 Å². The van der Waals surface area contributed by atoms with Crippen molar-refractivity contribution in [1.29, 1.82) is 0 Å². The summed E-state index contributed by atoms with van der Waals surface area (Å²) in [6.45, 7) is 1.90. The minimum atomic E-state index is -4.71. The second-order valence-corrected chi connectivity index (χ2v) is 11.7. The molecule has 0 spiro atoms. The number of amides is 2. The van der Waals surface area contributed by atoms with Crippen LogP contribution in [0.5, 0.6) is 5.75 Å². The van der Waals surface area contributed by atoms with Crippen LogP contribution in [0, 0.1) is 6.92 Å². The number of carbonyl (C=O) groups excluding carboxylic acids is 2. The van der Waals surface area contributed by atoms with Crippen LogP contribution < -0.4 is 15.0 Å². The zero-order valence-electron chi connectivity index (χ0n) is 24.6. The Balaban J connectivity index is 1.47. The van der Waals surface area contributed by atoms with E-state index in [1.54, 1.807) is 36.4 Å². The predicted octanol–water partition coefficient (Wildman–Crippen LogP) is 6.78. The summed E-state index contributed by atoms with van der Waals surface area (Å²) in [7, 11) is 1.53. The predicted molar refractivity (Wildman–Crippen MR) is 159 cm³/mol. The highest BCUT2D eigenvalue weighted by molar-refractivity contribution is 6.09. The molecule has 0 saturated heterocycles. The molecule has 2 aromatic heterocycles. The van der Waals surface area contributed by atoms with Crippen LogP contribution in [0.25, 0.3) is 5.65 Å². The quantitative estimate of drug-likeness (QED) is 0.239. The van der Waals surface area contributed by atoms with Crippen LogP contribution in [-0.4, -0.2) is 39.6 Å². The molecule has 0 aliphatic heterocycles. The number of nitrogens with one attached hydrogen (secondary N) is 1. The zero-order chi connectivity index (χ0) is 31.0. The Labute approximate surface area is 253 Å². The number of ether oxygens (including phenoxy) is 1. The van der Waals surface area contributed by atoms with Crippen molar-refractivity contribution in [2.24, 2.45) is 0 Å². The number of halogens is 3. The summed E-state index contributed by atoms with van der Waals surface area (Å²) in [6, 6.07) is 15.0. The molecule has 44 heavy (non-hydrogen) atoms. The highest BCUT2D eigenvalue weighted by Gasteiger charge is 2.39. The van der Waals surface area contributed by atoms with Crippen LogP contribution in [0.4, 0.5) is 18.9 Å². The maximum absolute atomic E-state index is 14.5. The van der Waals surface area contributed by atoms with Crippen LogP contribution in [0.3, 0.4) is 0 Å². The van der Waals surface area contributed by atoms with E-state index in [9.17, 15) is 22.8 Å². The lowest BCUT2D eigenvalue weighted by Gasteiger charge is -2.33. The maximum atomic E-state index is 14.5. The van der Waals surface area contributed by atoms with Gasteiger partial charge in [-0.05, 0) is 68.5 Å². The van der Waals surface area contributed by atoms with Crippen LogP contribution in [0.15, 0.2) is 60.7 Å². The van der Waals surface area contributed by atoms with E-state index in [0.29, 0.717) is 27.2 Å². The second kappa shape index (κ2) is 11.9. The van der Waals surface area contributed by atoms with E-state index in [2.05, 4.69) is 15.4 Å². The minimum absolute atomic E-state index is 0.0397. The molecule has 1 N–H and O–H groups in total. The van der Waals surface area contributed by atoms with E-state index in [1.165, 1.54) is 18.1 Å². The Morgan fingerprint density at radius 2 is 1.66 bits per heavy atom. The van der Waals surface area contributed by atoms with Crippen LogP contribution in [0.2, 0.25) is 0 Å². The number of fused-ring (bicyclic) bond motifs is 1. The van der Waals surface area contributed by atoms with Gasteiger partial charge in [-0.15, -0.1) is 0 Å². The van der Waals surface area contributed by atoms with Gasteiger partial charge in [0, 0.05) is 29.4 Å². The number of anilines is 1. The number of aryl methyl sites for hydroxylation is 1. The number of rotatable bonds is 8. The average Bonchev–Trinajstić information content (AvgIpc) is 3.78. The summed E-state index contributed by atoms with van der Waals surface area (Å²) in [5, 5.41) is 7.28. The Kier molecular flexibility index (Phi) is 8.04. The summed E-state index contributed by atoms with van der Waals surface area (Å²) >= 11 is 0. The van der Waals surface area contributed by atoms with Gasteiger partial charge in [0.1, 0.15) is 17.5 Å². The molecule has 6 rings (SSSR count). The molecule has 2 heterocycles. The Morgan fingerprint density at radius 1 is 0.977 bits per heavy atom. The third kappa shape index (κ3) is 6.13. The average molecular weight is 606 g/mol. The molecular weight excluding hydrogens is 571 g/mol. The van der Waals surface area contributed by atoms with E-state index >= 15 is 0 Å². The van der Waals surface area contributed by atoms with Crippen molar-refractivity contribution in [3.8, 4) is 5.75 Å². The maximum Gasteiger partial charge on any atom is 0.433 e. The van der Waals surface area contributed by atoms with Crippen molar-refractivity contribution in [1.82, 2.24) is 19.9 Å². The molecule has 2 amide bonds. The standard InChI is InChI=1S/C33H34F3N5O3/c1-20-8-14-24(15-9-20)40(30(22-12-16-25(44-2)17-13-22)31(42)37-23-6-4-3-5-7-23)32(43)27-19-29-38-26(21-10-11-21)18-28(33(34,35)36)41(29)39-27/h8-9,12-19,21,23,30H,3-7,10-11H2,1-2H3,(H,37,42)/t30-/m0/s1. The van der Waals surface area contributed by atoms with Crippen molar-refractivity contribution in [3.05, 3.63) is 88.9 Å². The van der Waals surface area contributed by atoms with Gasteiger partial charge in [0.05, 0.1) is 7.11 Å².